The average Bonchev–Trinajstić information content (AvgIpc) is 2.49. The number of carbonyl (C=O) groups excluding carboxylic acids is 2. The van der Waals surface area contributed by atoms with E-state index in [-0.39, 0.29) is 18.0 Å². The van der Waals surface area contributed by atoms with Gasteiger partial charge in [0.15, 0.2) is 0 Å². The van der Waals surface area contributed by atoms with Gasteiger partial charge in [-0.05, 0) is 25.0 Å². The molecule has 22 heavy (non-hydrogen) atoms. The van der Waals surface area contributed by atoms with Crippen molar-refractivity contribution in [1.29, 1.82) is 0 Å². The van der Waals surface area contributed by atoms with E-state index in [1.54, 1.807) is 0 Å². The van der Waals surface area contributed by atoms with Crippen molar-refractivity contribution in [1.82, 2.24) is 5.32 Å². The van der Waals surface area contributed by atoms with Gasteiger partial charge in [0.1, 0.15) is 0 Å². The number of benzene rings is 1. The molecule has 6 heteroatoms. The molecule has 0 spiro atoms. The lowest BCUT2D eigenvalue weighted by atomic mass is 9.96. The molecule has 0 heterocycles. The maximum Gasteiger partial charge on any atom is 0.319 e. The summed E-state index contributed by atoms with van der Waals surface area (Å²) in [5.41, 5.74) is 5.92. The smallest absolute Gasteiger partial charge is 0.319 e. The Bertz CT molecular complexity index is 516. The Morgan fingerprint density at radius 2 is 1.91 bits per heavy atom. The summed E-state index contributed by atoms with van der Waals surface area (Å²) in [6.07, 6.45) is 6.08. The molecular weight excluding hydrogens is 298 g/mol. The Morgan fingerprint density at radius 3 is 2.64 bits per heavy atom. The van der Waals surface area contributed by atoms with Gasteiger partial charge in [0, 0.05) is 23.1 Å². The first-order chi connectivity index (χ1) is 10.6. The molecule has 1 aliphatic carbocycles. The van der Waals surface area contributed by atoms with Crippen LogP contribution in [-0.4, -0.2) is 23.7 Å². The summed E-state index contributed by atoms with van der Waals surface area (Å²) in [4.78, 5) is 23.9. The molecule has 1 aromatic rings. The van der Waals surface area contributed by atoms with Crippen molar-refractivity contribution >= 4 is 29.4 Å². The largest absolute Gasteiger partial charge is 0.370 e. The third-order valence-corrected chi connectivity index (χ3v) is 4.76. The molecule has 1 aliphatic rings. The predicted octanol–water partition coefficient (Wildman–Crippen LogP) is 3.11. The first-order valence-corrected chi connectivity index (χ1v) is 8.71. The standard InChI is InChI=1S/C16H23N3O2S/c17-15(20)10-11-22-14-9-5-4-8-13(14)19-16(21)18-12-6-2-1-3-7-12/h4-5,8-9,12H,1-3,6-7,10-11H2,(H2,17,20)(H2,18,19,21). The maximum atomic E-state index is 12.1. The van der Waals surface area contributed by atoms with Crippen LogP contribution in [0.4, 0.5) is 10.5 Å². The van der Waals surface area contributed by atoms with Gasteiger partial charge in [0.25, 0.3) is 0 Å². The van der Waals surface area contributed by atoms with Crippen molar-refractivity contribution in [3.8, 4) is 0 Å². The Kier molecular flexibility index (Phi) is 6.58. The van der Waals surface area contributed by atoms with Gasteiger partial charge in [0.2, 0.25) is 5.91 Å². The zero-order valence-electron chi connectivity index (χ0n) is 12.6. The molecule has 1 aromatic carbocycles. The lowest BCUT2D eigenvalue weighted by Gasteiger charge is -2.23. The molecule has 2 rings (SSSR count). The summed E-state index contributed by atoms with van der Waals surface area (Å²) in [6.45, 7) is 0. The molecule has 1 fully saturated rings. The fraction of sp³-hybridized carbons (Fsp3) is 0.500. The number of nitrogens with two attached hydrogens (primary N) is 1. The minimum atomic E-state index is -0.312. The third-order valence-electron chi connectivity index (χ3n) is 3.68. The Morgan fingerprint density at radius 1 is 1.18 bits per heavy atom. The fourth-order valence-corrected chi connectivity index (χ4v) is 3.52. The van der Waals surface area contributed by atoms with E-state index in [0.717, 1.165) is 23.4 Å². The SMILES string of the molecule is NC(=O)CCSc1ccccc1NC(=O)NC1CCCCC1. The number of hydrogen-bond donors (Lipinski definition) is 3. The quantitative estimate of drug-likeness (QED) is 0.704. The van der Waals surface area contributed by atoms with E-state index in [1.165, 1.54) is 31.0 Å². The van der Waals surface area contributed by atoms with Crippen LogP contribution in [0.5, 0.6) is 0 Å². The molecule has 120 valence electrons. The monoisotopic (exact) mass is 321 g/mol. The highest BCUT2D eigenvalue weighted by atomic mass is 32.2. The summed E-state index contributed by atoms with van der Waals surface area (Å²) >= 11 is 1.52. The molecule has 4 N–H and O–H groups in total. The van der Waals surface area contributed by atoms with E-state index in [9.17, 15) is 9.59 Å². The summed E-state index contributed by atoms with van der Waals surface area (Å²) in [5, 5.41) is 5.94. The van der Waals surface area contributed by atoms with E-state index in [4.69, 9.17) is 5.73 Å². The third kappa shape index (κ3) is 5.60. The number of urea groups is 1. The minimum Gasteiger partial charge on any atom is -0.370 e. The number of amides is 3. The summed E-state index contributed by atoms with van der Waals surface area (Å²) in [5.74, 6) is 0.297. The van der Waals surface area contributed by atoms with E-state index in [1.807, 2.05) is 24.3 Å². The zero-order valence-corrected chi connectivity index (χ0v) is 13.5. The zero-order chi connectivity index (χ0) is 15.8. The molecule has 3 amide bonds. The van der Waals surface area contributed by atoms with E-state index in [0.29, 0.717) is 12.2 Å². The van der Waals surface area contributed by atoms with Gasteiger partial charge in [-0.1, -0.05) is 31.4 Å². The highest BCUT2D eigenvalue weighted by Gasteiger charge is 2.16. The van der Waals surface area contributed by atoms with Gasteiger partial charge in [-0.2, -0.15) is 0 Å². The first-order valence-electron chi connectivity index (χ1n) is 7.73. The first kappa shape index (κ1) is 16.7. The molecule has 1 saturated carbocycles. The second-order valence-electron chi connectivity index (χ2n) is 5.49. The van der Waals surface area contributed by atoms with Gasteiger partial charge in [-0.15, -0.1) is 11.8 Å². The van der Waals surface area contributed by atoms with Gasteiger partial charge in [-0.3, -0.25) is 4.79 Å². The molecule has 0 unspecified atom stereocenters. The molecule has 0 aromatic heterocycles. The van der Waals surface area contributed by atoms with Crippen LogP contribution in [0.2, 0.25) is 0 Å². The number of rotatable bonds is 6. The molecule has 0 aliphatic heterocycles. The van der Waals surface area contributed by atoms with Crippen LogP contribution in [0.25, 0.3) is 0 Å². The normalized spacial score (nSPS) is 15.3. The number of hydrogen-bond acceptors (Lipinski definition) is 3. The molecule has 0 radical (unpaired) electrons. The minimum absolute atomic E-state index is 0.158. The lowest BCUT2D eigenvalue weighted by molar-refractivity contribution is -0.117. The van der Waals surface area contributed by atoms with Gasteiger partial charge in [0.05, 0.1) is 5.69 Å². The Hall–Kier alpha value is -1.69. The van der Waals surface area contributed by atoms with E-state index in [2.05, 4.69) is 10.6 Å². The number of primary amides is 1. The second kappa shape index (κ2) is 8.68. The predicted molar refractivity (Wildman–Crippen MR) is 90.0 cm³/mol. The van der Waals surface area contributed by atoms with Gasteiger partial charge < -0.3 is 16.4 Å². The maximum absolute atomic E-state index is 12.1. The van der Waals surface area contributed by atoms with Crippen LogP contribution in [0.3, 0.4) is 0 Å². The summed E-state index contributed by atoms with van der Waals surface area (Å²) in [7, 11) is 0. The molecule has 0 atom stereocenters. The van der Waals surface area contributed by atoms with Crippen LogP contribution >= 0.6 is 11.8 Å². The highest BCUT2D eigenvalue weighted by Crippen LogP contribution is 2.27. The number of anilines is 1. The number of thioether (sulfide) groups is 1. The van der Waals surface area contributed by atoms with Crippen molar-refractivity contribution in [3.63, 3.8) is 0 Å². The number of para-hydroxylation sites is 1. The Balaban J connectivity index is 1.87. The molecule has 0 saturated heterocycles. The average molecular weight is 321 g/mol. The number of nitrogens with one attached hydrogen (secondary N) is 2. The Labute approximate surface area is 135 Å². The molecule has 0 bridgehead atoms. The van der Waals surface area contributed by atoms with Gasteiger partial charge in [-0.25, -0.2) is 4.79 Å². The fourth-order valence-electron chi connectivity index (χ4n) is 2.55. The van der Waals surface area contributed by atoms with Crippen LogP contribution in [0, 0.1) is 0 Å². The van der Waals surface area contributed by atoms with Crippen molar-refractivity contribution in [3.05, 3.63) is 24.3 Å². The molecular formula is C16H23N3O2S. The topological polar surface area (TPSA) is 84.2 Å². The van der Waals surface area contributed by atoms with Crippen LogP contribution in [0.1, 0.15) is 38.5 Å². The summed E-state index contributed by atoms with van der Waals surface area (Å²) < 4.78 is 0. The lowest BCUT2D eigenvalue weighted by Crippen LogP contribution is -2.39. The van der Waals surface area contributed by atoms with Crippen LogP contribution in [-0.2, 0) is 4.79 Å². The van der Waals surface area contributed by atoms with Crippen molar-refractivity contribution in [2.45, 2.75) is 49.5 Å². The summed E-state index contributed by atoms with van der Waals surface area (Å²) in [6, 6.07) is 7.72. The van der Waals surface area contributed by atoms with Crippen LogP contribution in [0.15, 0.2) is 29.2 Å². The van der Waals surface area contributed by atoms with E-state index < -0.39 is 0 Å². The van der Waals surface area contributed by atoms with E-state index >= 15 is 0 Å². The van der Waals surface area contributed by atoms with Crippen molar-refractivity contribution < 1.29 is 9.59 Å². The van der Waals surface area contributed by atoms with Crippen molar-refractivity contribution in [2.24, 2.45) is 5.73 Å². The second-order valence-corrected chi connectivity index (χ2v) is 6.63. The number of carbonyl (C=O) groups is 2. The van der Waals surface area contributed by atoms with Gasteiger partial charge >= 0.3 is 6.03 Å². The highest BCUT2D eigenvalue weighted by molar-refractivity contribution is 7.99. The van der Waals surface area contributed by atoms with Crippen molar-refractivity contribution in [2.75, 3.05) is 11.1 Å². The molecule has 5 nitrogen and oxygen atoms in total. The van der Waals surface area contributed by atoms with Crippen LogP contribution < -0.4 is 16.4 Å².